The lowest BCUT2D eigenvalue weighted by atomic mass is 9.34. The highest BCUT2D eigenvalue weighted by Gasteiger charge is 2.71. The molecule has 1 heterocycles. The molecular formula is C37H61NO4. The van der Waals surface area contributed by atoms with E-state index in [-0.39, 0.29) is 44.6 Å². The molecule has 0 spiro atoms. The van der Waals surface area contributed by atoms with Crippen molar-refractivity contribution < 1.29 is 19.4 Å². The van der Waals surface area contributed by atoms with Crippen molar-refractivity contribution in [3.63, 3.8) is 0 Å². The zero-order chi connectivity index (χ0) is 30.5. The lowest BCUT2D eigenvalue weighted by Gasteiger charge is -2.71. The van der Waals surface area contributed by atoms with Crippen molar-refractivity contribution in [3.8, 4) is 0 Å². The van der Waals surface area contributed by atoms with Gasteiger partial charge >= 0.3 is 5.97 Å². The van der Waals surface area contributed by atoms with E-state index < -0.39 is 5.97 Å². The van der Waals surface area contributed by atoms with Crippen LogP contribution in [0.3, 0.4) is 0 Å². The summed E-state index contributed by atoms with van der Waals surface area (Å²) in [6, 6.07) is 0. The Bertz CT molecular complexity index is 1110. The second-order valence-electron chi connectivity index (χ2n) is 17.8. The number of carboxylic acid groups (broad SMARTS) is 1. The fourth-order valence-corrected chi connectivity index (χ4v) is 12.9. The predicted molar refractivity (Wildman–Crippen MR) is 168 cm³/mol. The fraction of sp³-hybridized carbons (Fsp3) is 0.919. The first-order valence-electron chi connectivity index (χ1n) is 17.5. The monoisotopic (exact) mass is 583 g/mol. The smallest absolute Gasteiger partial charge is 0.307 e. The molecule has 5 fully saturated rings. The van der Waals surface area contributed by atoms with E-state index >= 15 is 0 Å². The van der Waals surface area contributed by atoms with E-state index in [1.165, 1.54) is 19.3 Å². The predicted octanol–water partition coefficient (Wildman–Crippen LogP) is 7.87. The van der Waals surface area contributed by atoms with E-state index in [0.29, 0.717) is 36.2 Å². The minimum Gasteiger partial charge on any atom is -0.481 e. The van der Waals surface area contributed by atoms with E-state index in [1.807, 2.05) is 0 Å². The molecule has 0 aromatic rings. The lowest BCUT2D eigenvalue weighted by molar-refractivity contribution is -0.252. The number of carboxylic acids is 1. The van der Waals surface area contributed by atoms with Gasteiger partial charge in [-0.3, -0.25) is 4.79 Å². The number of rotatable bonds is 6. The third-order valence-corrected chi connectivity index (χ3v) is 15.5. The van der Waals surface area contributed by atoms with E-state index in [0.717, 1.165) is 58.2 Å². The van der Waals surface area contributed by atoms with Crippen LogP contribution in [0.15, 0.2) is 11.6 Å². The van der Waals surface area contributed by atoms with Crippen LogP contribution in [-0.2, 0) is 14.3 Å². The Hall–Kier alpha value is -0.910. The van der Waals surface area contributed by atoms with Crippen LogP contribution >= 0.6 is 0 Å². The van der Waals surface area contributed by atoms with E-state index in [4.69, 9.17) is 15.2 Å². The molecule has 5 aliphatic carbocycles. The normalized spacial score (nSPS) is 50.3. The Balaban J connectivity index is 1.36. The van der Waals surface area contributed by atoms with Crippen molar-refractivity contribution >= 4 is 5.97 Å². The Labute approximate surface area is 256 Å². The molecule has 3 N–H and O–H groups in total. The van der Waals surface area contributed by atoms with Gasteiger partial charge in [0.1, 0.15) is 0 Å². The van der Waals surface area contributed by atoms with Gasteiger partial charge in [-0.25, -0.2) is 0 Å². The van der Waals surface area contributed by atoms with Gasteiger partial charge < -0.3 is 20.3 Å². The average molecular weight is 584 g/mol. The van der Waals surface area contributed by atoms with Crippen LogP contribution in [0.4, 0.5) is 0 Å². The van der Waals surface area contributed by atoms with Crippen molar-refractivity contribution in [1.29, 1.82) is 0 Å². The average Bonchev–Trinajstić information content (AvgIpc) is 3.34. The standard InChI is InChI=1S/C37H61NO4/c1-23(2)25(4)32(5)17-18-34(7)26-11-12-28-33(6)20-41-22-37(28,27(26)13-16-35(34,8)29(32)31(39)40)19-24(3)30(33)42-21-36(38)14-9-10-15-36/h13,23-26,28-30H,9-12,14-22,38H2,1-8H3,(H,39,40)/t24-,25-,26+,28+,29-,30+,32-,33+,34-,35+,37+/m1/s1. The van der Waals surface area contributed by atoms with Crippen molar-refractivity contribution in [2.45, 2.75) is 131 Å². The molecule has 0 amide bonds. The molecule has 238 valence electrons. The molecule has 0 radical (unpaired) electrons. The first-order chi connectivity index (χ1) is 19.6. The first kappa shape index (κ1) is 31.1. The molecule has 5 heteroatoms. The number of carbonyl (C=O) groups is 1. The summed E-state index contributed by atoms with van der Waals surface area (Å²) in [7, 11) is 0. The highest BCUT2D eigenvalue weighted by molar-refractivity contribution is 5.73. The Morgan fingerprint density at radius 1 is 1.05 bits per heavy atom. The zero-order valence-corrected chi connectivity index (χ0v) is 28.1. The number of hydrogen-bond donors (Lipinski definition) is 2. The number of ether oxygens (including phenoxy) is 2. The zero-order valence-electron chi connectivity index (χ0n) is 28.1. The highest BCUT2D eigenvalue weighted by atomic mass is 16.5. The molecule has 0 aromatic heterocycles. The van der Waals surface area contributed by atoms with Crippen LogP contribution in [-0.4, -0.2) is 42.5 Å². The fourth-order valence-electron chi connectivity index (χ4n) is 12.9. The Kier molecular flexibility index (Phi) is 7.44. The molecule has 6 rings (SSSR count). The van der Waals surface area contributed by atoms with Crippen molar-refractivity contribution in [2.75, 3.05) is 19.8 Å². The van der Waals surface area contributed by atoms with Crippen LogP contribution in [0, 0.1) is 62.6 Å². The molecule has 1 aliphatic heterocycles. The maximum absolute atomic E-state index is 13.3. The van der Waals surface area contributed by atoms with Gasteiger partial charge in [0.15, 0.2) is 0 Å². The molecule has 1 saturated heterocycles. The van der Waals surface area contributed by atoms with Crippen molar-refractivity contribution in [3.05, 3.63) is 11.6 Å². The van der Waals surface area contributed by atoms with E-state index in [1.54, 1.807) is 5.57 Å². The summed E-state index contributed by atoms with van der Waals surface area (Å²) in [5, 5.41) is 10.9. The molecule has 5 nitrogen and oxygen atoms in total. The minimum absolute atomic E-state index is 0.0280. The molecule has 0 aromatic carbocycles. The third-order valence-electron chi connectivity index (χ3n) is 15.5. The molecule has 0 unspecified atom stereocenters. The number of hydrogen-bond acceptors (Lipinski definition) is 4. The van der Waals surface area contributed by atoms with Gasteiger partial charge in [-0.2, -0.15) is 0 Å². The van der Waals surface area contributed by atoms with E-state index in [9.17, 15) is 9.90 Å². The topological polar surface area (TPSA) is 81.8 Å². The molecule has 2 bridgehead atoms. The van der Waals surface area contributed by atoms with Gasteiger partial charge in [-0.1, -0.05) is 79.9 Å². The molecule has 11 atom stereocenters. The Morgan fingerprint density at radius 3 is 2.38 bits per heavy atom. The van der Waals surface area contributed by atoms with Crippen LogP contribution in [0.25, 0.3) is 0 Å². The van der Waals surface area contributed by atoms with Crippen LogP contribution in [0.5, 0.6) is 0 Å². The van der Waals surface area contributed by atoms with Gasteiger partial charge in [0, 0.05) is 16.4 Å². The van der Waals surface area contributed by atoms with Crippen molar-refractivity contribution in [2.24, 2.45) is 68.3 Å². The maximum atomic E-state index is 13.3. The first-order valence-corrected chi connectivity index (χ1v) is 17.5. The number of aliphatic carboxylic acids is 1. The summed E-state index contributed by atoms with van der Waals surface area (Å²) in [6.07, 6.45) is 13.8. The summed E-state index contributed by atoms with van der Waals surface area (Å²) >= 11 is 0. The maximum Gasteiger partial charge on any atom is 0.307 e. The summed E-state index contributed by atoms with van der Waals surface area (Å²) in [4.78, 5) is 13.3. The molecule has 4 saturated carbocycles. The van der Waals surface area contributed by atoms with Gasteiger partial charge in [0.2, 0.25) is 0 Å². The number of allylic oxidation sites excluding steroid dienone is 1. The summed E-state index contributed by atoms with van der Waals surface area (Å²) < 4.78 is 13.5. The Morgan fingerprint density at radius 2 is 1.74 bits per heavy atom. The minimum atomic E-state index is -0.582. The number of fused-ring (bicyclic) bond motifs is 3. The van der Waals surface area contributed by atoms with Crippen LogP contribution in [0.2, 0.25) is 0 Å². The second kappa shape index (κ2) is 10.0. The summed E-state index contributed by atoms with van der Waals surface area (Å²) in [5.74, 6) is 1.31. The molecule has 6 aliphatic rings. The third kappa shape index (κ3) is 4.07. The SMILES string of the molecule is CC(C)[C@@H](C)[C@@]1(C)CC[C@]2(C)[C@H]3CC[C@@H]4[C@@]5(COC[C@]4(C)[C@@H](OCC4(N)CCCC4)[C@H](C)C5)C3=CC[C@@]2(C)[C@@H]1C(=O)O. The molecular weight excluding hydrogens is 522 g/mol. The van der Waals surface area contributed by atoms with Crippen molar-refractivity contribution in [1.82, 2.24) is 0 Å². The van der Waals surface area contributed by atoms with Gasteiger partial charge in [0.05, 0.1) is 31.8 Å². The highest BCUT2D eigenvalue weighted by Crippen LogP contribution is 2.75. The lowest BCUT2D eigenvalue weighted by Crippen LogP contribution is -2.69. The van der Waals surface area contributed by atoms with Gasteiger partial charge in [-0.15, -0.1) is 0 Å². The quantitative estimate of drug-likeness (QED) is 0.311. The summed E-state index contributed by atoms with van der Waals surface area (Å²) in [5.41, 5.74) is 7.75. The second-order valence-corrected chi connectivity index (χ2v) is 17.8. The van der Waals surface area contributed by atoms with Crippen LogP contribution in [0.1, 0.15) is 120 Å². The van der Waals surface area contributed by atoms with Crippen LogP contribution < -0.4 is 5.73 Å². The van der Waals surface area contributed by atoms with Gasteiger partial charge in [-0.05, 0) is 97.2 Å². The largest absolute Gasteiger partial charge is 0.481 e. The van der Waals surface area contributed by atoms with E-state index in [2.05, 4.69) is 61.5 Å². The summed E-state index contributed by atoms with van der Waals surface area (Å²) in [6.45, 7) is 21.1. The van der Waals surface area contributed by atoms with Gasteiger partial charge in [0.25, 0.3) is 0 Å². The number of nitrogens with two attached hydrogens (primary N) is 1. The molecule has 42 heavy (non-hydrogen) atoms.